The van der Waals surface area contributed by atoms with Crippen molar-refractivity contribution >= 4 is 43.7 Å². The average Bonchev–Trinajstić information content (AvgIpc) is 3.64. The standard InChI is InChI=1S/C32H28N2O3S2/c1-39(36,37)27-11-9-23(10-12-27)29(31-34-16-17-38-31)19-22-6-4-7-24(18-22)28-21-26(32(35)13-2-3-14-32)20-25-8-5-15-33-30(25)28/h4-12,15-21,35H,2-3,13-14H2,1H3/b29-19-. The Morgan fingerprint density at radius 1 is 0.949 bits per heavy atom. The third kappa shape index (κ3) is 5.17. The van der Waals surface area contributed by atoms with Crippen LogP contribution in [0.15, 0.2) is 95.5 Å². The lowest BCUT2D eigenvalue weighted by atomic mass is 9.87. The minimum absolute atomic E-state index is 0.287. The number of aliphatic hydroxyl groups is 1. The zero-order valence-electron chi connectivity index (χ0n) is 21.5. The van der Waals surface area contributed by atoms with Crippen LogP contribution >= 0.6 is 11.3 Å². The number of sulfone groups is 1. The highest BCUT2D eigenvalue weighted by Crippen LogP contribution is 2.42. The molecule has 0 bridgehead atoms. The number of pyridine rings is 1. The molecule has 196 valence electrons. The van der Waals surface area contributed by atoms with E-state index in [4.69, 9.17) is 4.98 Å². The number of benzene rings is 3. The molecule has 5 aromatic rings. The number of hydrogen-bond donors (Lipinski definition) is 1. The Morgan fingerprint density at radius 2 is 1.74 bits per heavy atom. The molecule has 1 fully saturated rings. The first-order chi connectivity index (χ1) is 18.8. The molecule has 39 heavy (non-hydrogen) atoms. The smallest absolute Gasteiger partial charge is 0.175 e. The van der Waals surface area contributed by atoms with Gasteiger partial charge in [0.05, 0.1) is 16.0 Å². The van der Waals surface area contributed by atoms with E-state index in [0.29, 0.717) is 0 Å². The summed E-state index contributed by atoms with van der Waals surface area (Å²) in [6.07, 6.45) is 10.5. The van der Waals surface area contributed by atoms with Gasteiger partial charge in [-0.15, -0.1) is 11.3 Å². The highest BCUT2D eigenvalue weighted by molar-refractivity contribution is 7.90. The number of aromatic nitrogens is 2. The van der Waals surface area contributed by atoms with Gasteiger partial charge in [0.15, 0.2) is 9.84 Å². The van der Waals surface area contributed by atoms with Crippen LogP contribution < -0.4 is 0 Å². The summed E-state index contributed by atoms with van der Waals surface area (Å²) in [6.45, 7) is 0. The number of thiazole rings is 1. The molecule has 0 atom stereocenters. The molecule has 0 saturated heterocycles. The fourth-order valence-electron chi connectivity index (χ4n) is 5.40. The molecule has 1 aliphatic carbocycles. The van der Waals surface area contributed by atoms with E-state index in [2.05, 4.69) is 41.4 Å². The summed E-state index contributed by atoms with van der Waals surface area (Å²) in [5.74, 6) is 0. The molecule has 0 radical (unpaired) electrons. The lowest BCUT2D eigenvalue weighted by molar-refractivity contribution is 0.0446. The van der Waals surface area contributed by atoms with Crippen LogP contribution in [-0.2, 0) is 15.4 Å². The van der Waals surface area contributed by atoms with Crippen LogP contribution in [0.5, 0.6) is 0 Å². The third-order valence-corrected chi connectivity index (χ3v) is 9.37. The van der Waals surface area contributed by atoms with Crippen LogP contribution in [0.3, 0.4) is 0 Å². The molecule has 0 amide bonds. The predicted octanol–water partition coefficient (Wildman–Crippen LogP) is 7.11. The lowest BCUT2D eigenvalue weighted by Gasteiger charge is -2.24. The SMILES string of the molecule is CS(=O)(=O)c1ccc(/C(=C/c2cccc(-c3cc(C4(O)CCCC4)cc4cccnc34)c2)c2nccs2)cc1. The van der Waals surface area contributed by atoms with Crippen molar-refractivity contribution in [2.75, 3.05) is 6.26 Å². The molecule has 3 aromatic carbocycles. The van der Waals surface area contributed by atoms with Crippen molar-refractivity contribution in [2.45, 2.75) is 36.2 Å². The van der Waals surface area contributed by atoms with Gasteiger partial charge in [0.1, 0.15) is 5.01 Å². The maximum Gasteiger partial charge on any atom is 0.175 e. The normalized spacial score (nSPS) is 15.6. The molecule has 2 heterocycles. The minimum atomic E-state index is -3.28. The van der Waals surface area contributed by atoms with Crippen molar-refractivity contribution in [1.82, 2.24) is 9.97 Å². The van der Waals surface area contributed by atoms with Gasteiger partial charge in [-0.1, -0.05) is 49.2 Å². The lowest BCUT2D eigenvalue weighted by Crippen LogP contribution is -2.20. The van der Waals surface area contributed by atoms with Crippen LogP contribution in [-0.4, -0.2) is 29.7 Å². The Hall–Kier alpha value is -3.65. The molecule has 0 spiro atoms. The van der Waals surface area contributed by atoms with Crippen LogP contribution in [0.4, 0.5) is 0 Å². The number of fused-ring (bicyclic) bond motifs is 1. The van der Waals surface area contributed by atoms with Gasteiger partial charge in [-0.2, -0.15) is 0 Å². The number of nitrogens with zero attached hydrogens (tertiary/aromatic N) is 2. The maximum absolute atomic E-state index is 12.0. The summed E-state index contributed by atoms with van der Waals surface area (Å²) in [4.78, 5) is 9.53. The van der Waals surface area contributed by atoms with Crippen LogP contribution in [0.2, 0.25) is 0 Å². The average molecular weight is 553 g/mol. The monoisotopic (exact) mass is 552 g/mol. The zero-order valence-corrected chi connectivity index (χ0v) is 23.2. The molecule has 1 N–H and O–H groups in total. The van der Waals surface area contributed by atoms with Crippen LogP contribution in [0, 0.1) is 0 Å². The van der Waals surface area contributed by atoms with E-state index in [-0.39, 0.29) is 4.90 Å². The van der Waals surface area contributed by atoms with Crippen LogP contribution in [0.1, 0.15) is 47.4 Å². The van der Waals surface area contributed by atoms with E-state index < -0.39 is 15.4 Å². The van der Waals surface area contributed by atoms with Crippen molar-refractivity contribution in [2.24, 2.45) is 0 Å². The van der Waals surface area contributed by atoms with Gasteiger partial charge < -0.3 is 5.11 Å². The molecule has 6 rings (SSSR count). The largest absolute Gasteiger partial charge is 0.385 e. The molecule has 0 unspecified atom stereocenters. The van der Waals surface area contributed by atoms with Crippen molar-refractivity contribution in [1.29, 1.82) is 0 Å². The van der Waals surface area contributed by atoms with Crippen molar-refractivity contribution in [3.05, 3.63) is 112 Å². The highest BCUT2D eigenvalue weighted by atomic mass is 32.2. The summed E-state index contributed by atoms with van der Waals surface area (Å²) in [5.41, 5.74) is 5.85. The Morgan fingerprint density at radius 3 is 2.46 bits per heavy atom. The van der Waals surface area contributed by atoms with E-state index in [1.807, 2.05) is 35.7 Å². The molecule has 2 aromatic heterocycles. The quantitative estimate of drug-likeness (QED) is 0.227. The second-order valence-electron chi connectivity index (χ2n) is 10.2. The summed E-state index contributed by atoms with van der Waals surface area (Å²) < 4.78 is 24.0. The minimum Gasteiger partial charge on any atom is -0.385 e. The van der Waals surface area contributed by atoms with E-state index in [9.17, 15) is 13.5 Å². The van der Waals surface area contributed by atoms with E-state index in [1.54, 1.807) is 24.5 Å². The Kier molecular flexibility index (Phi) is 6.67. The summed E-state index contributed by atoms with van der Waals surface area (Å²) >= 11 is 1.54. The van der Waals surface area contributed by atoms with Gasteiger partial charge in [-0.25, -0.2) is 13.4 Å². The predicted molar refractivity (Wildman–Crippen MR) is 158 cm³/mol. The first kappa shape index (κ1) is 25.6. The fourth-order valence-corrected chi connectivity index (χ4v) is 6.71. The maximum atomic E-state index is 12.0. The second-order valence-corrected chi connectivity index (χ2v) is 13.1. The molecule has 1 saturated carbocycles. The van der Waals surface area contributed by atoms with Crippen LogP contribution in [0.25, 0.3) is 33.7 Å². The van der Waals surface area contributed by atoms with Crippen molar-refractivity contribution < 1.29 is 13.5 Å². The van der Waals surface area contributed by atoms with E-state index in [0.717, 1.165) is 75.0 Å². The summed E-state index contributed by atoms with van der Waals surface area (Å²) in [5, 5.41) is 15.2. The Balaban J connectivity index is 1.47. The van der Waals surface area contributed by atoms with Gasteiger partial charge in [0.2, 0.25) is 0 Å². The molecular formula is C32H28N2O3S2. The van der Waals surface area contributed by atoms with Gasteiger partial charge in [0, 0.05) is 40.6 Å². The van der Waals surface area contributed by atoms with Crippen molar-refractivity contribution in [3.63, 3.8) is 0 Å². The first-order valence-corrected chi connectivity index (χ1v) is 15.7. The Bertz CT molecular complexity index is 1790. The van der Waals surface area contributed by atoms with Gasteiger partial charge in [-0.3, -0.25) is 4.98 Å². The molecule has 0 aliphatic heterocycles. The number of rotatable bonds is 6. The van der Waals surface area contributed by atoms with Crippen molar-refractivity contribution in [3.8, 4) is 11.1 Å². The number of hydrogen-bond acceptors (Lipinski definition) is 6. The molecular weight excluding hydrogens is 524 g/mol. The summed E-state index contributed by atoms with van der Waals surface area (Å²) in [7, 11) is -3.28. The highest BCUT2D eigenvalue weighted by Gasteiger charge is 2.33. The molecule has 7 heteroatoms. The van der Waals surface area contributed by atoms with Gasteiger partial charge in [0.25, 0.3) is 0 Å². The fraction of sp³-hybridized carbons (Fsp3) is 0.188. The van der Waals surface area contributed by atoms with Gasteiger partial charge in [-0.05, 0) is 77.6 Å². The first-order valence-electron chi connectivity index (χ1n) is 12.9. The van der Waals surface area contributed by atoms with E-state index in [1.165, 1.54) is 17.6 Å². The molecule has 1 aliphatic rings. The zero-order chi connectivity index (χ0) is 27.0. The second kappa shape index (κ2) is 10.2. The molecule has 5 nitrogen and oxygen atoms in total. The Labute approximate surface area is 232 Å². The van der Waals surface area contributed by atoms with E-state index >= 15 is 0 Å². The summed E-state index contributed by atoms with van der Waals surface area (Å²) in [6, 6.07) is 23.4. The van der Waals surface area contributed by atoms with Gasteiger partial charge >= 0.3 is 0 Å². The topological polar surface area (TPSA) is 80.2 Å². The third-order valence-electron chi connectivity index (χ3n) is 7.44.